The fraction of sp³-hybridized carbons (Fsp3) is 0.471. The van der Waals surface area contributed by atoms with E-state index in [0.717, 1.165) is 5.69 Å². The summed E-state index contributed by atoms with van der Waals surface area (Å²) < 4.78 is 0. The first-order valence-electron chi connectivity index (χ1n) is 7.09. The van der Waals surface area contributed by atoms with Crippen molar-refractivity contribution in [3.8, 4) is 0 Å². The van der Waals surface area contributed by atoms with Gasteiger partial charge in [0, 0.05) is 17.3 Å². The molecule has 0 unspecified atom stereocenters. The Bertz CT molecular complexity index is 382. The highest BCUT2D eigenvalue weighted by Gasteiger charge is 1.93. The number of fused-ring (bicyclic) bond motifs is 1. The van der Waals surface area contributed by atoms with Gasteiger partial charge in [-0.3, -0.25) is 4.98 Å². The van der Waals surface area contributed by atoms with Crippen LogP contribution >= 0.6 is 0 Å². The van der Waals surface area contributed by atoms with Gasteiger partial charge in [-0.1, -0.05) is 65.3 Å². The van der Waals surface area contributed by atoms with E-state index in [-0.39, 0.29) is 0 Å². The summed E-state index contributed by atoms with van der Waals surface area (Å²) in [4.78, 5) is 4.24. The largest absolute Gasteiger partial charge is 0.261 e. The molecule has 1 nitrogen and oxygen atoms in total. The van der Waals surface area contributed by atoms with Crippen LogP contribution in [0, 0.1) is 13.8 Å². The molecule has 0 fully saturated rings. The smallest absolute Gasteiger partial charge is 0.0379 e. The highest BCUT2D eigenvalue weighted by atomic mass is 14.6. The predicted octanol–water partition coefficient (Wildman–Crippen LogP) is 5.93. The normalized spacial score (nSPS) is 8.00. The van der Waals surface area contributed by atoms with E-state index >= 15 is 0 Å². The minimum absolute atomic E-state index is 1.08. The fourth-order valence-electron chi connectivity index (χ4n) is 1.37. The Morgan fingerprint density at radius 3 is 1.83 bits per heavy atom. The third-order valence-corrected chi connectivity index (χ3v) is 2.01. The average Bonchev–Trinajstić information content (AvgIpc) is 2.45. The van der Waals surface area contributed by atoms with Crippen LogP contribution in [-0.2, 0) is 0 Å². The number of pyridine rings is 1. The maximum absolute atomic E-state index is 4.24. The molecular formula is C17H29N. The lowest BCUT2D eigenvalue weighted by Gasteiger charge is -1.99. The topological polar surface area (TPSA) is 12.9 Å². The number of benzene rings is 1. The summed E-state index contributed by atoms with van der Waals surface area (Å²) in [6.45, 7) is 16.1. The first-order chi connectivity index (χ1) is 8.75. The minimum Gasteiger partial charge on any atom is -0.261 e. The summed E-state index contributed by atoms with van der Waals surface area (Å²) >= 11 is 0. The summed E-state index contributed by atoms with van der Waals surface area (Å²) in [5.41, 5.74) is 2.38. The first-order valence-corrected chi connectivity index (χ1v) is 7.09. The summed E-state index contributed by atoms with van der Waals surface area (Å²) in [6, 6.07) is 8.52. The molecule has 0 saturated heterocycles. The van der Waals surface area contributed by atoms with Crippen LogP contribution in [-0.4, -0.2) is 4.98 Å². The molecule has 0 N–H and O–H groups in total. The number of hydrogen-bond acceptors (Lipinski definition) is 1. The van der Waals surface area contributed by atoms with Gasteiger partial charge in [-0.15, -0.1) is 0 Å². The highest BCUT2D eigenvalue weighted by molar-refractivity contribution is 5.82. The van der Waals surface area contributed by atoms with Gasteiger partial charge in [0.15, 0.2) is 0 Å². The molecule has 1 aromatic carbocycles. The molecule has 0 saturated carbocycles. The molecule has 102 valence electrons. The van der Waals surface area contributed by atoms with Crippen LogP contribution in [0.1, 0.15) is 52.8 Å². The Kier molecular flexibility index (Phi) is 12.8. The number of aromatic nitrogens is 1. The second-order valence-electron chi connectivity index (χ2n) is 3.18. The molecule has 0 radical (unpaired) electrons. The van der Waals surface area contributed by atoms with E-state index in [2.05, 4.69) is 36.2 Å². The standard InChI is InChI=1S/C11H11N.3C2H6/c1-8-3-4-10-7-12-9(2)6-11(10)5-8;3*1-2/h3-7H,1-2H3;3*1-2H3. The summed E-state index contributed by atoms with van der Waals surface area (Å²) in [5.74, 6) is 0. The van der Waals surface area contributed by atoms with Gasteiger partial charge in [0.2, 0.25) is 0 Å². The van der Waals surface area contributed by atoms with Crippen LogP contribution in [0.4, 0.5) is 0 Å². The Morgan fingerprint density at radius 2 is 1.28 bits per heavy atom. The van der Waals surface area contributed by atoms with Gasteiger partial charge in [0.1, 0.15) is 0 Å². The number of aryl methyl sites for hydroxylation is 2. The molecule has 0 spiro atoms. The van der Waals surface area contributed by atoms with Crippen molar-refractivity contribution >= 4 is 10.8 Å². The Balaban J connectivity index is 0. The third kappa shape index (κ3) is 6.39. The highest BCUT2D eigenvalue weighted by Crippen LogP contribution is 2.15. The molecule has 0 aliphatic rings. The van der Waals surface area contributed by atoms with Gasteiger partial charge in [-0.25, -0.2) is 0 Å². The van der Waals surface area contributed by atoms with Crippen LogP contribution < -0.4 is 0 Å². The van der Waals surface area contributed by atoms with Crippen LogP contribution in [0.25, 0.3) is 10.8 Å². The summed E-state index contributed by atoms with van der Waals surface area (Å²) in [6.07, 6.45) is 1.92. The lowest BCUT2D eigenvalue weighted by molar-refractivity contribution is 1.22. The summed E-state index contributed by atoms with van der Waals surface area (Å²) in [5, 5.41) is 2.49. The zero-order chi connectivity index (χ0) is 14.6. The van der Waals surface area contributed by atoms with Crippen LogP contribution in [0.5, 0.6) is 0 Å². The Hall–Kier alpha value is -1.37. The average molecular weight is 247 g/mol. The zero-order valence-corrected chi connectivity index (χ0v) is 13.3. The number of rotatable bonds is 0. The second-order valence-corrected chi connectivity index (χ2v) is 3.18. The fourth-order valence-corrected chi connectivity index (χ4v) is 1.37. The molecule has 1 heteroatoms. The van der Waals surface area contributed by atoms with Gasteiger partial charge in [-0.05, 0) is 25.3 Å². The molecule has 0 amide bonds. The number of hydrogen-bond donors (Lipinski definition) is 0. The molecule has 2 rings (SSSR count). The van der Waals surface area contributed by atoms with Gasteiger partial charge < -0.3 is 0 Å². The van der Waals surface area contributed by atoms with E-state index < -0.39 is 0 Å². The van der Waals surface area contributed by atoms with E-state index in [4.69, 9.17) is 0 Å². The van der Waals surface area contributed by atoms with Crippen molar-refractivity contribution in [3.63, 3.8) is 0 Å². The van der Waals surface area contributed by atoms with E-state index in [0.29, 0.717) is 0 Å². The maximum atomic E-state index is 4.24. The predicted molar refractivity (Wildman–Crippen MR) is 85.3 cm³/mol. The molecule has 0 aliphatic carbocycles. The molecule has 1 aromatic heterocycles. The van der Waals surface area contributed by atoms with Gasteiger partial charge >= 0.3 is 0 Å². The quantitative estimate of drug-likeness (QED) is 0.562. The van der Waals surface area contributed by atoms with Crippen LogP contribution in [0.2, 0.25) is 0 Å². The SMILES string of the molecule is CC.CC.CC.Cc1ccc2cnc(C)cc2c1. The van der Waals surface area contributed by atoms with Gasteiger partial charge in [-0.2, -0.15) is 0 Å². The van der Waals surface area contributed by atoms with Crippen LogP contribution in [0.15, 0.2) is 30.5 Å². The van der Waals surface area contributed by atoms with Crippen molar-refractivity contribution in [3.05, 3.63) is 41.7 Å². The molecule has 0 aliphatic heterocycles. The van der Waals surface area contributed by atoms with E-state index in [1.54, 1.807) is 0 Å². The first kappa shape index (κ1) is 19.0. The van der Waals surface area contributed by atoms with E-state index in [1.165, 1.54) is 16.3 Å². The molecule has 0 atom stereocenters. The van der Waals surface area contributed by atoms with Crippen molar-refractivity contribution in [1.82, 2.24) is 4.98 Å². The Labute approximate surface area is 113 Å². The maximum Gasteiger partial charge on any atom is 0.0379 e. The third-order valence-electron chi connectivity index (χ3n) is 2.01. The molecular weight excluding hydrogens is 218 g/mol. The summed E-state index contributed by atoms with van der Waals surface area (Å²) in [7, 11) is 0. The van der Waals surface area contributed by atoms with E-state index in [1.807, 2.05) is 54.7 Å². The lowest BCUT2D eigenvalue weighted by atomic mass is 10.1. The lowest BCUT2D eigenvalue weighted by Crippen LogP contribution is -1.81. The Morgan fingerprint density at radius 1 is 0.722 bits per heavy atom. The minimum atomic E-state index is 1.08. The number of nitrogens with zero attached hydrogens (tertiary/aromatic N) is 1. The monoisotopic (exact) mass is 247 g/mol. The van der Waals surface area contributed by atoms with Gasteiger partial charge in [0.05, 0.1) is 0 Å². The zero-order valence-electron chi connectivity index (χ0n) is 13.3. The van der Waals surface area contributed by atoms with Crippen molar-refractivity contribution in [2.24, 2.45) is 0 Å². The van der Waals surface area contributed by atoms with Crippen molar-refractivity contribution in [2.45, 2.75) is 55.4 Å². The molecule has 0 bridgehead atoms. The van der Waals surface area contributed by atoms with E-state index in [9.17, 15) is 0 Å². The molecule has 18 heavy (non-hydrogen) atoms. The van der Waals surface area contributed by atoms with Crippen LogP contribution in [0.3, 0.4) is 0 Å². The second kappa shape index (κ2) is 12.1. The van der Waals surface area contributed by atoms with Crippen molar-refractivity contribution < 1.29 is 0 Å². The molecule has 2 aromatic rings. The van der Waals surface area contributed by atoms with Crippen molar-refractivity contribution in [2.75, 3.05) is 0 Å². The van der Waals surface area contributed by atoms with Gasteiger partial charge in [0.25, 0.3) is 0 Å². The molecule has 1 heterocycles. The van der Waals surface area contributed by atoms with Crippen molar-refractivity contribution in [1.29, 1.82) is 0 Å².